The summed E-state index contributed by atoms with van der Waals surface area (Å²) in [7, 11) is -3.65. The second-order valence-corrected chi connectivity index (χ2v) is 9.89. The van der Waals surface area contributed by atoms with Crippen LogP contribution in [0.25, 0.3) is 5.69 Å². The third-order valence-corrected chi connectivity index (χ3v) is 7.08. The number of rotatable bonds is 7. The number of H-pyrrole nitrogens is 1. The summed E-state index contributed by atoms with van der Waals surface area (Å²) in [6.07, 6.45) is 1.50. The summed E-state index contributed by atoms with van der Waals surface area (Å²) in [6.45, 7) is 6.05. The zero-order valence-electron chi connectivity index (χ0n) is 19.2. The average molecular weight is 475 g/mol. The van der Waals surface area contributed by atoms with E-state index in [-0.39, 0.29) is 17.0 Å². The van der Waals surface area contributed by atoms with Crippen LogP contribution in [0.1, 0.15) is 27.9 Å². The molecule has 0 aliphatic carbocycles. The fourth-order valence-corrected chi connectivity index (χ4v) is 4.48. The molecule has 7 nitrogen and oxygen atoms in total. The summed E-state index contributed by atoms with van der Waals surface area (Å²) >= 11 is 0. The normalized spacial score (nSPS) is 11.9. The van der Waals surface area contributed by atoms with Crippen LogP contribution in [0.4, 0.5) is 5.69 Å². The molecule has 1 aromatic heterocycles. The summed E-state index contributed by atoms with van der Waals surface area (Å²) in [5, 5.41) is 3.09. The molecule has 4 aromatic rings. The Bertz CT molecular complexity index is 1500. The molecular weight excluding hydrogens is 448 g/mol. The maximum absolute atomic E-state index is 12.9. The molecule has 1 heterocycles. The summed E-state index contributed by atoms with van der Waals surface area (Å²) in [4.78, 5) is 17.5. The Balaban J connectivity index is 1.51. The molecule has 0 fully saturated rings. The van der Waals surface area contributed by atoms with E-state index >= 15 is 0 Å². The molecule has 4 rings (SSSR count). The highest BCUT2D eigenvalue weighted by Gasteiger charge is 2.14. The van der Waals surface area contributed by atoms with Gasteiger partial charge in [-0.1, -0.05) is 36.4 Å². The Morgan fingerprint density at radius 2 is 1.65 bits per heavy atom. The van der Waals surface area contributed by atoms with Crippen LogP contribution in [0.5, 0.6) is 0 Å². The van der Waals surface area contributed by atoms with Crippen molar-refractivity contribution in [2.75, 3.05) is 0 Å². The SMILES string of the molecule is Cc1ccc(-n2[nH]c(C)c(C=Nc3ccc(S(=O)(=O)NCc4ccccc4)cc3)c2=O)cc1C. The maximum atomic E-state index is 12.9. The fraction of sp³-hybridized carbons (Fsp3) is 0.154. The van der Waals surface area contributed by atoms with Crippen LogP contribution < -0.4 is 10.3 Å². The Hall–Kier alpha value is -3.75. The fourth-order valence-electron chi connectivity index (χ4n) is 3.47. The van der Waals surface area contributed by atoms with Crippen LogP contribution in [0.3, 0.4) is 0 Å². The van der Waals surface area contributed by atoms with E-state index in [0.717, 1.165) is 22.4 Å². The van der Waals surface area contributed by atoms with Crippen molar-refractivity contribution < 1.29 is 8.42 Å². The Morgan fingerprint density at radius 3 is 2.32 bits per heavy atom. The monoisotopic (exact) mass is 474 g/mol. The van der Waals surface area contributed by atoms with Gasteiger partial charge in [0.1, 0.15) is 0 Å². The van der Waals surface area contributed by atoms with Crippen molar-refractivity contribution in [1.29, 1.82) is 0 Å². The van der Waals surface area contributed by atoms with Gasteiger partial charge in [0.2, 0.25) is 10.0 Å². The number of aryl methyl sites for hydroxylation is 3. The van der Waals surface area contributed by atoms with Gasteiger partial charge in [-0.3, -0.25) is 14.9 Å². The predicted molar refractivity (Wildman–Crippen MR) is 135 cm³/mol. The lowest BCUT2D eigenvalue weighted by molar-refractivity contribution is 0.581. The van der Waals surface area contributed by atoms with Crippen LogP contribution >= 0.6 is 0 Å². The van der Waals surface area contributed by atoms with Gasteiger partial charge in [-0.25, -0.2) is 17.8 Å². The minimum absolute atomic E-state index is 0.150. The number of hydrogen-bond acceptors (Lipinski definition) is 4. The van der Waals surface area contributed by atoms with E-state index in [9.17, 15) is 13.2 Å². The second kappa shape index (κ2) is 9.62. The maximum Gasteiger partial charge on any atom is 0.280 e. The molecule has 0 aliphatic heterocycles. The number of nitrogens with one attached hydrogen (secondary N) is 2. The highest BCUT2D eigenvalue weighted by molar-refractivity contribution is 7.89. The molecule has 0 spiro atoms. The van der Waals surface area contributed by atoms with Crippen molar-refractivity contribution in [3.05, 3.63) is 111 Å². The number of aliphatic imine (C=N–C) groups is 1. The molecule has 0 bridgehead atoms. The van der Waals surface area contributed by atoms with E-state index in [4.69, 9.17) is 0 Å². The molecule has 8 heteroatoms. The summed E-state index contributed by atoms with van der Waals surface area (Å²) in [5.41, 5.74) is 5.36. The number of aromatic amines is 1. The molecule has 0 aliphatic rings. The summed E-state index contributed by atoms with van der Waals surface area (Å²) < 4.78 is 29.2. The number of benzene rings is 3. The lowest BCUT2D eigenvalue weighted by Crippen LogP contribution is -2.23. The van der Waals surface area contributed by atoms with Crippen LogP contribution in [-0.2, 0) is 16.6 Å². The van der Waals surface area contributed by atoms with Gasteiger partial charge in [-0.2, -0.15) is 0 Å². The van der Waals surface area contributed by atoms with Gasteiger partial charge in [0, 0.05) is 18.5 Å². The van der Waals surface area contributed by atoms with E-state index in [2.05, 4.69) is 14.8 Å². The molecule has 0 atom stereocenters. The summed E-state index contributed by atoms with van der Waals surface area (Å²) in [5.74, 6) is 0. The smallest absolute Gasteiger partial charge is 0.280 e. The van der Waals surface area contributed by atoms with E-state index < -0.39 is 10.0 Å². The van der Waals surface area contributed by atoms with Crippen LogP contribution in [-0.4, -0.2) is 24.4 Å². The van der Waals surface area contributed by atoms with Crippen LogP contribution in [0, 0.1) is 20.8 Å². The molecule has 0 unspecified atom stereocenters. The first-order valence-corrected chi connectivity index (χ1v) is 12.3. The third-order valence-electron chi connectivity index (χ3n) is 5.66. The van der Waals surface area contributed by atoms with Gasteiger partial charge in [-0.05, 0) is 73.9 Å². The van der Waals surface area contributed by atoms with Crippen molar-refractivity contribution in [3.63, 3.8) is 0 Å². The van der Waals surface area contributed by atoms with Gasteiger partial charge in [0.25, 0.3) is 5.56 Å². The van der Waals surface area contributed by atoms with Gasteiger partial charge < -0.3 is 0 Å². The Morgan fingerprint density at radius 1 is 0.941 bits per heavy atom. The Kier molecular flexibility index (Phi) is 6.63. The quantitative estimate of drug-likeness (QED) is 0.391. The van der Waals surface area contributed by atoms with E-state index in [1.807, 2.05) is 69.3 Å². The van der Waals surface area contributed by atoms with E-state index in [1.54, 1.807) is 12.1 Å². The van der Waals surface area contributed by atoms with Crippen LogP contribution in [0.15, 0.2) is 87.5 Å². The molecule has 2 N–H and O–H groups in total. The highest BCUT2D eigenvalue weighted by atomic mass is 32.2. The zero-order chi connectivity index (χ0) is 24.3. The summed E-state index contributed by atoms with van der Waals surface area (Å²) in [6, 6.07) is 21.4. The van der Waals surface area contributed by atoms with Gasteiger partial charge in [-0.15, -0.1) is 0 Å². The van der Waals surface area contributed by atoms with Crippen molar-refractivity contribution >= 4 is 21.9 Å². The largest absolute Gasteiger partial charge is 0.295 e. The van der Waals surface area contributed by atoms with Crippen LogP contribution in [0.2, 0.25) is 0 Å². The third kappa shape index (κ3) is 5.08. The highest BCUT2D eigenvalue weighted by Crippen LogP contribution is 2.18. The average Bonchev–Trinajstić information content (AvgIpc) is 3.12. The number of nitrogens with zero attached hydrogens (tertiary/aromatic N) is 2. The van der Waals surface area contributed by atoms with Crippen molar-refractivity contribution in [2.45, 2.75) is 32.2 Å². The first-order chi connectivity index (χ1) is 16.2. The van der Waals surface area contributed by atoms with Crippen molar-refractivity contribution in [2.24, 2.45) is 4.99 Å². The topological polar surface area (TPSA) is 96.3 Å². The number of aromatic nitrogens is 2. The lowest BCUT2D eigenvalue weighted by Gasteiger charge is -2.07. The van der Waals surface area contributed by atoms with Gasteiger partial charge in [0.15, 0.2) is 0 Å². The Labute approximate surface area is 198 Å². The minimum atomic E-state index is -3.65. The molecule has 174 valence electrons. The number of sulfonamides is 1. The molecule has 0 radical (unpaired) electrons. The minimum Gasteiger partial charge on any atom is -0.295 e. The predicted octanol–water partition coefficient (Wildman–Crippen LogP) is 4.32. The standard InChI is InChI=1S/C26H26N4O3S/c1-18-9-12-23(15-19(18)2)30-26(31)25(20(3)29-30)17-27-22-10-13-24(14-11-22)34(32,33)28-16-21-7-5-4-6-8-21/h4-15,17,28-29H,16H2,1-3H3. The first-order valence-electron chi connectivity index (χ1n) is 10.8. The molecular formula is C26H26N4O3S. The van der Waals surface area contributed by atoms with Crippen molar-refractivity contribution in [3.8, 4) is 5.69 Å². The molecule has 3 aromatic carbocycles. The molecule has 0 saturated heterocycles. The molecule has 0 amide bonds. The van der Waals surface area contributed by atoms with E-state index in [1.165, 1.54) is 23.0 Å². The zero-order valence-corrected chi connectivity index (χ0v) is 20.1. The van der Waals surface area contributed by atoms with Crippen molar-refractivity contribution in [1.82, 2.24) is 14.5 Å². The lowest BCUT2D eigenvalue weighted by atomic mass is 10.1. The van der Waals surface area contributed by atoms with Gasteiger partial charge >= 0.3 is 0 Å². The van der Waals surface area contributed by atoms with Gasteiger partial charge in [0.05, 0.1) is 21.8 Å². The molecule has 34 heavy (non-hydrogen) atoms. The second-order valence-electron chi connectivity index (χ2n) is 8.12. The first kappa shape index (κ1) is 23.4. The van der Waals surface area contributed by atoms with E-state index in [0.29, 0.717) is 16.9 Å². The number of hydrogen-bond donors (Lipinski definition) is 2. The molecule has 0 saturated carbocycles.